The average molecular weight is 935 g/mol. The van der Waals surface area contributed by atoms with Crippen LogP contribution in [0.2, 0.25) is 0 Å². The lowest BCUT2D eigenvalue weighted by Gasteiger charge is -2.49. The van der Waals surface area contributed by atoms with Gasteiger partial charge in [-0.2, -0.15) is 4.57 Å². The number of aromatic nitrogens is 2. The first kappa shape index (κ1) is 47.0. The van der Waals surface area contributed by atoms with Crippen molar-refractivity contribution in [2.75, 3.05) is 4.90 Å². The lowest BCUT2D eigenvalue weighted by Crippen LogP contribution is -2.61. The number of hydrogen-bond donors (Lipinski definition) is 0. The minimum absolute atomic E-state index is 0.00213. The summed E-state index contributed by atoms with van der Waals surface area (Å²) in [5.41, 5.74) is 25.3. The first-order valence-corrected chi connectivity index (χ1v) is 26.2. The summed E-state index contributed by atoms with van der Waals surface area (Å²) < 4.78 is 12.2. The molecule has 3 aliphatic heterocycles. The van der Waals surface area contributed by atoms with E-state index in [1.807, 2.05) is 0 Å². The normalized spacial score (nSPS) is 14.7. The third kappa shape index (κ3) is 7.18. The lowest BCUT2D eigenvalue weighted by molar-refractivity contribution is -0.633. The number of benzene rings is 7. The minimum atomic E-state index is -0.255. The second kappa shape index (κ2) is 15.8. The highest BCUT2D eigenvalue weighted by Gasteiger charge is 2.49. The molecule has 0 amide bonds. The van der Waals surface area contributed by atoms with Crippen molar-refractivity contribution in [2.24, 2.45) is 7.05 Å². The second-order valence-corrected chi connectivity index (χ2v) is 25.4. The van der Waals surface area contributed by atoms with Crippen LogP contribution < -0.4 is 30.6 Å². The van der Waals surface area contributed by atoms with Crippen LogP contribution >= 0.6 is 0 Å². The van der Waals surface area contributed by atoms with Gasteiger partial charge in [-0.3, -0.25) is 0 Å². The highest BCUT2D eigenvalue weighted by atomic mass is 16.5. The molecule has 0 saturated carbocycles. The molecule has 4 nitrogen and oxygen atoms in total. The molecule has 0 fully saturated rings. The Labute approximate surface area is 424 Å². The first-order chi connectivity index (χ1) is 33.4. The molecule has 11 rings (SSSR count). The number of nitrogens with zero attached hydrogens (tertiary/aromatic N) is 3. The predicted octanol–water partition coefficient (Wildman–Crippen LogP) is 15.3. The van der Waals surface area contributed by atoms with Crippen LogP contribution in [0.5, 0.6) is 11.5 Å². The Morgan fingerprint density at radius 3 is 1.83 bits per heavy atom. The van der Waals surface area contributed by atoms with Crippen LogP contribution in [0.4, 0.5) is 17.1 Å². The third-order valence-corrected chi connectivity index (χ3v) is 16.4. The van der Waals surface area contributed by atoms with Crippen molar-refractivity contribution >= 4 is 51.2 Å². The second-order valence-electron chi connectivity index (χ2n) is 25.4. The van der Waals surface area contributed by atoms with Gasteiger partial charge >= 0.3 is 0 Å². The minimum Gasteiger partial charge on any atom is -0.458 e. The summed E-state index contributed by atoms with van der Waals surface area (Å²) in [6, 6.07) is 47.1. The summed E-state index contributed by atoms with van der Waals surface area (Å²) >= 11 is 0. The fourth-order valence-corrected chi connectivity index (χ4v) is 12.2. The monoisotopic (exact) mass is 935 g/mol. The van der Waals surface area contributed by atoms with Gasteiger partial charge in [-0.15, -0.1) is 0 Å². The van der Waals surface area contributed by atoms with Crippen molar-refractivity contribution in [1.29, 1.82) is 0 Å². The van der Waals surface area contributed by atoms with E-state index in [1.165, 1.54) is 112 Å². The van der Waals surface area contributed by atoms with E-state index in [0.717, 1.165) is 17.1 Å². The number of anilines is 3. The quantitative estimate of drug-likeness (QED) is 0.127. The van der Waals surface area contributed by atoms with Crippen molar-refractivity contribution < 1.29 is 9.30 Å². The summed E-state index contributed by atoms with van der Waals surface area (Å²) in [6.07, 6.45) is 0. The topological polar surface area (TPSA) is 21.3 Å². The van der Waals surface area contributed by atoms with E-state index in [9.17, 15) is 0 Å². The fraction of sp³-hybridized carbons (Fsp3) is 0.348. The molecule has 0 radical (unpaired) electrons. The summed E-state index contributed by atoms with van der Waals surface area (Å²) in [4.78, 5) is 2.63. The Balaban J connectivity index is 1.17. The van der Waals surface area contributed by atoms with Crippen molar-refractivity contribution in [1.82, 2.24) is 4.57 Å². The zero-order valence-electron chi connectivity index (χ0n) is 45.5. The van der Waals surface area contributed by atoms with Crippen molar-refractivity contribution in [3.63, 3.8) is 0 Å². The zero-order chi connectivity index (χ0) is 50.6. The van der Waals surface area contributed by atoms with Gasteiger partial charge in [-0.05, 0) is 138 Å². The Hall–Kier alpha value is -6.33. The lowest BCUT2D eigenvalue weighted by atomic mass is 9.33. The Morgan fingerprint density at radius 2 is 1.18 bits per heavy atom. The maximum absolute atomic E-state index is 7.27. The van der Waals surface area contributed by atoms with Gasteiger partial charge in [0.1, 0.15) is 17.2 Å². The molecule has 4 heterocycles. The number of ether oxygens (including phenoxy) is 1. The molecule has 7 aromatic carbocycles. The SMILES string of the molecule is Cc1cc(-c2cc3c4c(c2)N2c5ccc(C(C)(C)C)cc5C(C)(C)c5cc(C(C)(C)C)cc(c52)B4c2cc(C(C)(C)C)ccc2O3)ccc1-c1n(-c2c(C(C)C)cccc2C(C)C)c2ccccc2[n+]1C. The Morgan fingerprint density at radius 1 is 0.563 bits per heavy atom. The number of para-hydroxylation sites is 3. The van der Waals surface area contributed by atoms with Gasteiger partial charge in [0.2, 0.25) is 0 Å². The van der Waals surface area contributed by atoms with Crippen LogP contribution in [0.1, 0.15) is 160 Å². The average Bonchev–Trinajstić information content (AvgIpc) is 3.59. The summed E-state index contributed by atoms with van der Waals surface area (Å²) in [5, 5.41) is 0. The zero-order valence-corrected chi connectivity index (χ0v) is 45.5. The molecule has 0 saturated heterocycles. The molecule has 3 aliphatic rings. The van der Waals surface area contributed by atoms with Gasteiger partial charge in [0, 0.05) is 27.9 Å². The summed E-state index contributed by atoms with van der Waals surface area (Å²) in [6.45, 7) is 37.6. The van der Waals surface area contributed by atoms with E-state index in [0.29, 0.717) is 11.8 Å². The molecular weight excluding hydrogens is 862 g/mol. The number of hydrogen-bond acceptors (Lipinski definition) is 2. The van der Waals surface area contributed by atoms with Crippen LogP contribution in [-0.4, -0.2) is 11.3 Å². The molecule has 360 valence electrons. The van der Waals surface area contributed by atoms with E-state index >= 15 is 0 Å². The molecule has 71 heavy (non-hydrogen) atoms. The number of rotatable bonds is 5. The largest absolute Gasteiger partial charge is 0.458 e. The van der Waals surface area contributed by atoms with Crippen LogP contribution in [0, 0.1) is 6.92 Å². The van der Waals surface area contributed by atoms with Gasteiger partial charge in [0.15, 0.2) is 11.0 Å². The molecule has 0 unspecified atom stereocenters. The maximum Gasteiger partial charge on any atom is 0.295 e. The van der Waals surface area contributed by atoms with Crippen LogP contribution in [0.15, 0.2) is 121 Å². The smallest absolute Gasteiger partial charge is 0.295 e. The Kier molecular flexibility index (Phi) is 10.5. The molecule has 0 N–H and O–H groups in total. The highest BCUT2D eigenvalue weighted by Crippen LogP contribution is 2.55. The molecule has 1 aromatic heterocycles. The standard InChI is InChI=1S/C66H73BN3O/c1-38(2)46-21-20-22-47(39(3)4)60(46)70-55-24-19-18-23-54(55)68(17)62(70)48-28-25-41(31-40(48)5)42-32-56-59-58(33-42)71-57-30-27-44(64(9,10)11)36-51(57)67(59)52-37-45(65(12,13)14)35-50-61(52)69(56)53-29-26-43(63(6,7)8)34-49(53)66(50,15)16/h18-39H,1-17H3/q+1. The highest BCUT2D eigenvalue weighted by molar-refractivity contribution is 6.99. The van der Waals surface area contributed by atoms with E-state index in [1.54, 1.807) is 0 Å². The van der Waals surface area contributed by atoms with Crippen molar-refractivity contribution in [3.05, 3.63) is 166 Å². The number of imidazole rings is 1. The molecule has 0 bridgehead atoms. The van der Waals surface area contributed by atoms with E-state index in [2.05, 4.69) is 253 Å². The van der Waals surface area contributed by atoms with Gasteiger partial charge in [0.05, 0.1) is 18.3 Å². The molecule has 0 atom stereocenters. The van der Waals surface area contributed by atoms with Crippen molar-refractivity contribution in [2.45, 2.75) is 144 Å². The maximum atomic E-state index is 7.27. The van der Waals surface area contributed by atoms with Crippen LogP contribution in [-0.2, 0) is 28.7 Å². The molecular formula is C66H73BN3O+. The van der Waals surface area contributed by atoms with Gasteiger partial charge in [-0.1, -0.05) is 183 Å². The fourth-order valence-electron chi connectivity index (χ4n) is 12.2. The number of aryl methyl sites for hydroxylation is 2. The van der Waals surface area contributed by atoms with Crippen LogP contribution in [0.25, 0.3) is 39.2 Å². The van der Waals surface area contributed by atoms with E-state index in [-0.39, 0.29) is 28.4 Å². The van der Waals surface area contributed by atoms with Crippen molar-refractivity contribution in [3.8, 4) is 39.7 Å². The summed E-state index contributed by atoms with van der Waals surface area (Å²) in [5.74, 6) is 3.77. The van der Waals surface area contributed by atoms with E-state index in [4.69, 9.17) is 4.74 Å². The Bertz CT molecular complexity index is 3500. The van der Waals surface area contributed by atoms with Crippen LogP contribution in [0.3, 0.4) is 0 Å². The summed E-state index contributed by atoms with van der Waals surface area (Å²) in [7, 11) is 2.23. The van der Waals surface area contributed by atoms with Gasteiger partial charge < -0.3 is 9.64 Å². The molecule has 8 aromatic rings. The predicted molar refractivity (Wildman–Crippen MR) is 302 cm³/mol. The molecule has 5 heteroatoms. The third-order valence-electron chi connectivity index (χ3n) is 16.4. The number of fused-ring (bicyclic) bond motifs is 7. The molecule has 0 aliphatic carbocycles. The molecule has 0 spiro atoms. The van der Waals surface area contributed by atoms with Gasteiger partial charge in [-0.25, -0.2) is 4.57 Å². The first-order valence-electron chi connectivity index (χ1n) is 26.2. The van der Waals surface area contributed by atoms with Gasteiger partial charge in [0.25, 0.3) is 12.5 Å². The van der Waals surface area contributed by atoms with E-state index < -0.39 is 0 Å².